The third kappa shape index (κ3) is 4.70. The Hall–Kier alpha value is -1.64. The molecule has 0 saturated carbocycles. The topological polar surface area (TPSA) is 43.4 Å². The van der Waals surface area contributed by atoms with E-state index in [1.54, 1.807) is 19.1 Å². The van der Waals surface area contributed by atoms with Crippen molar-refractivity contribution >= 4 is 11.8 Å². The molecule has 1 rings (SSSR count). The molecule has 0 fully saturated rings. The first-order valence-electron chi connectivity index (χ1n) is 6.45. The van der Waals surface area contributed by atoms with E-state index in [-0.39, 0.29) is 12.2 Å². The predicted octanol–water partition coefficient (Wildman–Crippen LogP) is 3.17. The predicted molar refractivity (Wildman–Crippen MR) is 70.6 cm³/mol. The molecule has 0 atom stereocenters. The fraction of sp³-hybridized carbons (Fsp3) is 0.467. The van der Waals surface area contributed by atoms with Crippen molar-refractivity contribution in [3.05, 3.63) is 35.4 Å². The van der Waals surface area contributed by atoms with E-state index >= 15 is 0 Å². The molecule has 0 bridgehead atoms. The van der Waals surface area contributed by atoms with Crippen LogP contribution in [-0.4, -0.2) is 18.4 Å². The van der Waals surface area contributed by atoms with Crippen LogP contribution < -0.4 is 0 Å². The largest absolute Gasteiger partial charge is 0.466 e. The van der Waals surface area contributed by atoms with Crippen LogP contribution in [0.15, 0.2) is 24.3 Å². The van der Waals surface area contributed by atoms with Crippen LogP contribution in [0.3, 0.4) is 0 Å². The minimum Gasteiger partial charge on any atom is -0.466 e. The first-order chi connectivity index (χ1) is 8.67. The Morgan fingerprint density at radius 2 is 1.78 bits per heavy atom. The Balaban J connectivity index is 2.56. The summed E-state index contributed by atoms with van der Waals surface area (Å²) in [7, 11) is 0. The molecular formula is C15H20O3. The molecule has 0 heterocycles. The Morgan fingerprint density at radius 3 is 2.33 bits per heavy atom. The van der Waals surface area contributed by atoms with Crippen LogP contribution in [0, 0.1) is 0 Å². The number of esters is 1. The van der Waals surface area contributed by atoms with Crippen LogP contribution in [-0.2, 0) is 16.0 Å². The van der Waals surface area contributed by atoms with Gasteiger partial charge in [0.1, 0.15) is 6.42 Å². The zero-order chi connectivity index (χ0) is 13.4. The number of benzene rings is 1. The highest BCUT2D eigenvalue weighted by atomic mass is 16.5. The van der Waals surface area contributed by atoms with E-state index in [1.165, 1.54) is 5.56 Å². The number of hydrogen-bond donors (Lipinski definition) is 0. The lowest BCUT2D eigenvalue weighted by Crippen LogP contribution is -2.11. The number of carbonyl (C=O) groups excluding carboxylic acids is 2. The van der Waals surface area contributed by atoms with Crippen molar-refractivity contribution in [3.8, 4) is 0 Å². The van der Waals surface area contributed by atoms with Crippen LogP contribution >= 0.6 is 0 Å². The standard InChI is InChI=1S/C15H20O3/c1-3-5-6-12-7-9-13(10-8-12)14(16)11-15(17)18-4-2/h7-10H,3-6,11H2,1-2H3. The molecule has 1 aromatic carbocycles. The van der Waals surface area contributed by atoms with Gasteiger partial charge in [-0.2, -0.15) is 0 Å². The van der Waals surface area contributed by atoms with E-state index in [1.807, 2.05) is 12.1 Å². The minimum atomic E-state index is -0.461. The second-order valence-electron chi connectivity index (χ2n) is 4.21. The van der Waals surface area contributed by atoms with Gasteiger partial charge in [0, 0.05) is 5.56 Å². The van der Waals surface area contributed by atoms with Gasteiger partial charge in [-0.05, 0) is 25.3 Å². The van der Waals surface area contributed by atoms with Gasteiger partial charge in [0.15, 0.2) is 5.78 Å². The molecule has 1 aromatic rings. The number of Topliss-reactive ketones (excluding diaryl/α,β-unsaturated/α-hetero) is 1. The van der Waals surface area contributed by atoms with E-state index in [9.17, 15) is 9.59 Å². The van der Waals surface area contributed by atoms with E-state index in [4.69, 9.17) is 4.74 Å². The zero-order valence-electron chi connectivity index (χ0n) is 11.1. The van der Waals surface area contributed by atoms with Crippen molar-refractivity contribution < 1.29 is 14.3 Å². The number of unbranched alkanes of at least 4 members (excludes halogenated alkanes) is 1. The third-order valence-corrected chi connectivity index (χ3v) is 2.71. The molecule has 0 aromatic heterocycles. The maximum atomic E-state index is 11.8. The normalized spacial score (nSPS) is 10.1. The van der Waals surface area contributed by atoms with Crippen LogP contribution in [0.4, 0.5) is 0 Å². The maximum Gasteiger partial charge on any atom is 0.313 e. The summed E-state index contributed by atoms with van der Waals surface area (Å²) in [5.74, 6) is -0.645. The molecule has 3 nitrogen and oxygen atoms in total. The van der Waals surface area contributed by atoms with Gasteiger partial charge < -0.3 is 4.74 Å². The summed E-state index contributed by atoms with van der Waals surface area (Å²) in [6, 6.07) is 7.47. The van der Waals surface area contributed by atoms with E-state index in [0.29, 0.717) is 12.2 Å². The smallest absolute Gasteiger partial charge is 0.313 e. The van der Waals surface area contributed by atoms with Gasteiger partial charge in [-0.3, -0.25) is 9.59 Å². The summed E-state index contributed by atoms with van der Waals surface area (Å²) < 4.78 is 4.75. The average Bonchev–Trinajstić information content (AvgIpc) is 2.37. The SMILES string of the molecule is CCCCc1ccc(C(=O)CC(=O)OCC)cc1. The van der Waals surface area contributed by atoms with Crippen LogP contribution in [0.1, 0.15) is 49.0 Å². The molecule has 0 spiro atoms. The second-order valence-corrected chi connectivity index (χ2v) is 4.21. The van der Waals surface area contributed by atoms with Gasteiger partial charge in [0.05, 0.1) is 6.61 Å². The summed E-state index contributed by atoms with van der Waals surface area (Å²) in [4.78, 5) is 22.9. The van der Waals surface area contributed by atoms with E-state index in [0.717, 1.165) is 19.3 Å². The van der Waals surface area contributed by atoms with Gasteiger partial charge in [-0.1, -0.05) is 37.6 Å². The molecule has 0 amide bonds. The van der Waals surface area contributed by atoms with Crippen molar-refractivity contribution in [3.63, 3.8) is 0 Å². The van der Waals surface area contributed by atoms with Crippen molar-refractivity contribution in [1.29, 1.82) is 0 Å². The zero-order valence-corrected chi connectivity index (χ0v) is 11.1. The van der Waals surface area contributed by atoms with Crippen LogP contribution in [0.5, 0.6) is 0 Å². The number of ether oxygens (including phenoxy) is 1. The van der Waals surface area contributed by atoms with Gasteiger partial charge in [-0.25, -0.2) is 0 Å². The highest BCUT2D eigenvalue weighted by molar-refractivity contribution is 6.05. The van der Waals surface area contributed by atoms with Gasteiger partial charge in [0.2, 0.25) is 0 Å². The lowest BCUT2D eigenvalue weighted by atomic mass is 10.0. The Labute approximate surface area is 108 Å². The van der Waals surface area contributed by atoms with Crippen molar-refractivity contribution in [2.45, 2.75) is 39.5 Å². The molecule has 0 unspecified atom stereocenters. The molecule has 0 saturated heterocycles. The Kier molecular flexibility index (Phi) is 6.12. The second kappa shape index (κ2) is 7.64. The maximum absolute atomic E-state index is 11.8. The van der Waals surface area contributed by atoms with Gasteiger partial charge >= 0.3 is 5.97 Å². The fourth-order valence-corrected chi connectivity index (χ4v) is 1.68. The number of aryl methyl sites for hydroxylation is 1. The lowest BCUT2D eigenvalue weighted by molar-refractivity contribution is -0.141. The van der Waals surface area contributed by atoms with E-state index < -0.39 is 5.97 Å². The van der Waals surface area contributed by atoms with Gasteiger partial charge in [-0.15, -0.1) is 0 Å². The first-order valence-corrected chi connectivity index (χ1v) is 6.45. The molecule has 0 aliphatic carbocycles. The molecule has 0 radical (unpaired) electrons. The quantitative estimate of drug-likeness (QED) is 0.423. The Morgan fingerprint density at radius 1 is 1.11 bits per heavy atom. The van der Waals surface area contributed by atoms with Crippen LogP contribution in [0.25, 0.3) is 0 Å². The fourth-order valence-electron chi connectivity index (χ4n) is 1.68. The molecule has 3 heteroatoms. The number of ketones is 1. The molecular weight excluding hydrogens is 228 g/mol. The number of carbonyl (C=O) groups is 2. The Bertz CT molecular complexity index is 393. The first kappa shape index (κ1) is 14.4. The average molecular weight is 248 g/mol. The molecule has 0 aliphatic rings. The number of hydrogen-bond acceptors (Lipinski definition) is 3. The molecule has 98 valence electrons. The van der Waals surface area contributed by atoms with Crippen LogP contribution in [0.2, 0.25) is 0 Å². The summed E-state index contributed by atoms with van der Waals surface area (Å²) in [6.45, 7) is 4.18. The van der Waals surface area contributed by atoms with Crippen molar-refractivity contribution in [2.75, 3.05) is 6.61 Å². The highest BCUT2D eigenvalue weighted by Crippen LogP contribution is 2.10. The van der Waals surface area contributed by atoms with Crippen molar-refractivity contribution in [2.24, 2.45) is 0 Å². The summed E-state index contributed by atoms with van der Waals surface area (Å²) in [5, 5.41) is 0. The molecule has 0 aliphatic heterocycles. The summed E-state index contributed by atoms with van der Waals surface area (Å²) >= 11 is 0. The van der Waals surface area contributed by atoms with Crippen molar-refractivity contribution in [1.82, 2.24) is 0 Å². The molecule has 0 N–H and O–H groups in total. The number of rotatable bonds is 7. The summed E-state index contributed by atoms with van der Waals surface area (Å²) in [6.07, 6.45) is 3.16. The van der Waals surface area contributed by atoms with E-state index in [2.05, 4.69) is 6.92 Å². The minimum absolute atomic E-state index is 0.178. The molecule has 18 heavy (non-hydrogen) atoms. The summed E-state index contributed by atoms with van der Waals surface area (Å²) in [5.41, 5.74) is 1.80. The lowest BCUT2D eigenvalue weighted by Gasteiger charge is -2.03. The monoisotopic (exact) mass is 248 g/mol. The highest BCUT2D eigenvalue weighted by Gasteiger charge is 2.12. The third-order valence-electron chi connectivity index (χ3n) is 2.71. The van der Waals surface area contributed by atoms with Gasteiger partial charge in [0.25, 0.3) is 0 Å².